The number of aromatic nitrogens is 3. The van der Waals surface area contributed by atoms with Gasteiger partial charge in [0.25, 0.3) is 5.91 Å². The quantitative estimate of drug-likeness (QED) is 0.704. The number of nitrogens with one attached hydrogen (secondary N) is 2. The normalized spacial score (nSPS) is 18.4. The maximum absolute atomic E-state index is 12.1. The summed E-state index contributed by atoms with van der Waals surface area (Å²) in [5, 5.41) is 13.8. The SMILES string of the molecule is CN(CC(=O)NC1CC1)C(=O)c1cn(C2CNC2)nn1. The summed E-state index contributed by atoms with van der Waals surface area (Å²) in [5.74, 6) is -0.409. The molecule has 108 valence electrons. The molecule has 8 heteroatoms. The molecule has 1 saturated carbocycles. The largest absolute Gasteiger partial charge is 0.352 e. The van der Waals surface area contributed by atoms with E-state index < -0.39 is 0 Å². The second-order valence-electron chi connectivity index (χ2n) is 5.40. The van der Waals surface area contributed by atoms with Crippen LogP contribution in [0.25, 0.3) is 0 Å². The zero-order chi connectivity index (χ0) is 14.1. The van der Waals surface area contributed by atoms with Gasteiger partial charge in [-0.15, -0.1) is 5.10 Å². The van der Waals surface area contributed by atoms with Gasteiger partial charge in [0.2, 0.25) is 5.91 Å². The van der Waals surface area contributed by atoms with Crippen molar-refractivity contribution in [2.75, 3.05) is 26.7 Å². The van der Waals surface area contributed by atoms with Crippen LogP contribution >= 0.6 is 0 Å². The maximum atomic E-state index is 12.1. The van der Waals surface area contributed by atoms with Gasteiger partial charge < -0.3 is 15.5 Å². The van der Waals surface area contributed by atoms with Gasteiger partial charge in [0, 0.05) is 26.2 Å². The molecule has 20 heavy (non-hydrogen) atoms. The summed E-state index contributed by atoms with van der Waals surface area (Å²) in [4.78, 5) is 25.2. The Morgan fingerprint density at radius 1 is 1.50 bits per heavy atom. The van der Waals surface area contributed by atoms with Gasteiger partial charge in [-0.25, -0.2) is 4.68 Å². The summed E-state index contributed by atoms with van der Waals surface area (Å²) in [7, 11) is 1.60. The topological polar surface area (TPSA) is 92.2 Å². The Bertz CT molecular complexity index is 520. The highest BCUT2D eigenvalue weighted by molar-refractivity contribution is 5.94. The molecule has 1 aromatic heterocycles. The lowest BCUT2D eigenvalue weighted by Gasteiger charge is -2.26. The minimum atomic E-state index is -0.283. The fourth-order valence-electron chi connectivity index (χ4n) is 2.00. The lowest BCUT2D eigenvalue weighted by molar-refractivity contribution is -0.121. The first-order chi connectivity index (χ1) is 9.63. The fourth-order valence-corrected chi connectivity index (χ4v) is 2.00. The third-order valence-corrected chi connectivity index (χ3v) is 3.53. The number of rotatable bonds is 5. The predicted molar refractivity (Wildman–Crippen MR) is 70.1 cm³/mol. The smallest absolute Gasteiger partial charge is 0.276 e. The minimum absolute atomic E-state index is 0.0488. The number of carbonyl (C=O) groups excluding carboxylic acids is 2. The molecule has 2 aliphatic rings. The van der Waals surface area contributed by atoms with E-state index in [-0.39, 0.29) is 30.1 Å². The van der Waals surface area contributed by atoms with Crippen molar-refractivity contribution in [2.45, 2.75) is 24.9 Å². The molecule has 2 fully saturated rings. The fraction of sp³-hybridized carbons (Fsp3) is 0.667. The lowest BCUT2D eigenvalue weighted by Crippen LogP contribution is -2.43. The van der Waals surface area contributed by atoms with Crippen LogP contribution in [0.2, 0.25) is 0 Å². The molecule has 1 aromatic rings. The van der Waals surface area contributed by atoms with Crippen LogP contribution in [-0.2, 0) is 4.79 Å². The van der Waals surface area contributed by atoms with Gasteiger partial charge in [0.1, 0.15) is 0 Å². The zero-order valence-electron chi connectivity index (χ0n) is 11.4. The Balaban J connectivity index is 1.56. The van der Waals surface area contributed by atoms with E-state index in [1.807, 2.05) is 0 Å². The summed E-state index contributed by atoms with van der Waals surface area (Å²) in [6.45, 7) is 1.74. The maximum Gasteiger partial charge on any atom is 0.276 e. The molecular weight excluding hydrogens is 260 g/mol. The van der Waals surface area contributed by atoms with Crippen molar-refractivity contribution in [1.29, 1.82) is 0 Å². The Morgan fingerprint density at radius 2 is 2.25 bits per heavy atom. The van der Waals surface area contributed by atoms with Crippen LogP contribution in [0.1, 0.15) is 29.4 Å². The first-order valence-electron chi connectivity index (χ1n) is 6.81. The molecule has 2 heterocycles. The number of hydrogen-bond acceptors (Lipinski definition) is 5. The van der Waals surface area contributed by atoms with Crippen LogP contribution in [0.4, 0.5) is 0 Å². The van der Waals surface area contributed by atoms with Crippen LogP contribution < -0.4 is 10.6 Å². The Hall–Kier alpha value is -1.96. The molecule has 2 N–H and O–H groups in total. The predicted octanol–water partition coefficient (Wildman–Crippen LogP) is -1.23. The van der Waals surface area contributed by atoms with Crippen molar-refractivity contribution >= 4 is 11.8 Å². The van der Waals surface area contributed by atoms with E-state index in [1.54, 1.807) is 17.9 Å². The number of likely N-dealkylation sites (N-methyl/N-ethyl adjacent to an activating group) is 1. The molecule has 0 aromatic carbocycles. The van der Waals surface area contributed by atoms with Crippen molar-refractivity contribution in [3.63, 3.8) is 0 Å². The summed E-state index contributed by atoms with van der Waals surface area (Å²) in [6.07, 6.45) is 3.71. The summed E-state index contributed by atoms with van der Waals surface area (Å²) < 4.78 is 1.70. The Kier molecular flexibility index (Phi) is 3.39. The molecule has 0 spiro atoms. The third-order valence-electron chi connectivity index (χ3n) is 3.53. The lowest BCUT2D eigenvalue weighted by atomic mass is 10.2. The number of amides is 2. The number of carbonyl (C=O) groups is 2. The van der Waals surface area contributed by atoms with E-state index in [4.69, 9.17) is 0 Å². The number of hydrogen-bond donors (Lipinski definition) is 2. The van der Waals surface area contributed by atoms with Gasteiger partial charge in [-0.2, -0.15) is 0 Å². The molecule has 0 bridgehead atoms. The Morgan fingerprint density at radius 3 is 2.85 bits per heavy atom. The van der Waals surface area contributed by atoms with E-state index in [1.165, 1.54) is 4.90 Å². The first kappa shape index (κ1) is 13.0. The van der Waals surface area contributed by atoms with Crippen molar-refractivity contribution in [2.24, 2.45) is 0 Å². The van der Waals surface area contributed by atoms with E-state index in [9.17, 15) is 9.59 Å². The van der Waals surface area contributed by atoms with Crippen LogP contribution in [0.5, 0.6) is 0 Å². The van der Waals surface area contributed by atoms with Gasteiger partial charge in [0.05, 0.1) is 18.8 Å². The van der Waals surface area contributed by atoms with Crippen molar-refractivity contribution in [1.82, 2.24) is 30.5 Å². The van der Waals surface area contributed by atoms with Gasteiger partial charge in [-0.1, -0.05) is 5.21 Å². The van der Waals surface area contributed by atoms with Gasteiger partial charge in [-0.3, -0.25) is 9.59 Å². The average Bonchev–Trinajstić information content (AvgIpc) is 3.02. The molecule has 1 saturated heterocycles. The van der Waals surface area contributed by atoms with Crippen molar-refractivity contribution < 1.29 is 9.59 Å². The second kappa shape index (κ2) is 5.20. The minimum Gasteiger partial charge on any atom is -0.352 e. The highest BCUT2D eigenvalue weighted by Crippen LogP contribution is 2.18. The molecule has 3 rings (SSSR count). The van der Waals surface area contributed by atoms with Crippen LogP contribution in [0.15, 0.2) is 6.20 Å². The highest BCUT2D eigenvalue weighted by Gasteiger charge is 2.26. The zero-order valence-corrected chi connectivity index (χ0v) is 11.4. The molecule has 0 radical (unpaired) electrons. The molecule has 1 aliphatic carbocycles. The number of nitrogens with zero attached hydrogens (tertiary/aromatic N) is 4. The summed E-state index contributed by atoms with van der Waals surface area (Å²) in [5.41, 5.74) is 0.277. The first-order valence-corrected chi connectivity index (χ1v) is 6.81. The molecule has 0 atom stereocenters. The summed E-state index contributed by atoms with van der Waals surface area (Å²) >= 11 is 0. The third kappa shape index (κ3) is 2.79. The van der Waals surface area contributed by atoms with Crippen LogP contribution in [0, 0.1) is 0 Å². The average molecular weight is 278 g/mol. The van der Waals surface area contributed by atoms with E-state index >= 15 is 0 Å². The molecule has 1 aliphatic heterocycles. The Labute approximate surface area is 116 Å². The summed E-state index contributed by atoms with van der Waals surface area (Å²) in [6, 6.07) is 0.575. The molecular formula is C12H18N6O2. The molecule has 8 nitrogen and oxygen atoms in total. The van der Waals surface area contributed by atoms with Gasteiger partial charge >= 0.3 is 0 Å². The van der Waals surface area contributed by atoms with E-state index in [0.29, 0.717) is 6.04 Å². The van der Waals surface area contributed by atoms with E-state index in [0.717, 1.165) is 25.9 Å². The van der Waals surface area contributed by atoms with Gasteiger partial charge in [0.15, 0.2) is 5.69 Å². The van der Waals surface area contributed by atoms with Crippen molar-refractivity contribution in [3.8, 4) is 0 Å². The van der Waals surface area contributed by atoms with Crippen LogP contribution in [0.3, 0.4) is 0 Å². The molecule has 0 unspecified atom stereocenters. The standard InChI is InChI=1S/C12H18N6O2/c1-17(7-11(19)14-8-2-3-8)12(20)10-6-18(16-15-10)9-4-13-5-9/h6,8-9,13H,2-5,7H2,1H3,(H,14,19). The highest BCUT2D eigenvalue weighted by atomic mass is 16.2. The van der Waals surface area contributed by atoms with Gasteiger partial charge in [-0.05, 0) is 12.8 Å². The monoisotopic (exact) mass is 278 g/mol. The molecule has 2 amide bonds. The van der Waals surface area contributed by atoms with Crippen LogP contribution in [-0.4, -0.2) is 64.4 Å². The second-order valence-corrected chi connectivity index (χ2v) is 5.40. The van der Waals surface area contributed by atoms with Crippen molar-refractivity contribution in [3.05, 3.63) is 11.9 Å². The van der Waals surface area contributed by atoms with E-state index in [2.05, 4.69) is 20.9 Å².